The van der Waals surface area contributed by atoms with Crippen LogP contribution in [0.1, 0.15) is 25.0 Å². The van der Waals surface area contributed by atoms with Crippen LogP contribution in [-0.4, -0.2) is 50.8 Å². The molecule has 1 aliphatic rings. The van der Waals surface area contributed by atoms with Crippen LogP contribution in [0.3, 0.4) is 0 Å². The normalized spacial score (nSPS) is 16.9. The lowest BCUT2D eigenvalue weighted by molar-refractivity contribution is -0.162. The van der Waals surface area contributed by atoms with Gasteiger partial charge in [-0.3, -0.25) is 4.57 Å². The third-order valence-corrected chi connectivity index (χ3v) is 5.63. The van der Waals surface area contributed by atoms with Crippen LogP contribution in [0.4, 0.5) is 0 Å². The van der Waals surface area contributed by atoms with Crippen molar-refractivity contribution in [3.05, 3.63) is 47.0 Å². The predicted octanol–water partition coefficient (Wildman–Crippen LogP) is 2.96. The Morgan fingerprint density at radius 3 is 2.03 bits per heavy atom. The molecule has 0 amide bonds. The van der Waals surface area contributed by atoms with Crippen LogP contribution in [0.5, 0.6) is 0 Å². The van der Waals surface area contributed by atoms with E-state index in [1.165, 1.54) is 0 Å². The minimum atomic E-state index is -3.83. The van der Waals surface area contributed by atoms with Crippen LogP contribution in [0.25, 0.3) is 0 Å². The maximum Gasteiger partial charge on any atom is 0.357 e. The van der Waals surface area contributed by atoms with Crippen LogP contribution in [-0.2, 0) is 37.4 Å². The Kier molecular flexibility index (Phi) is 7.35. The molecule has 0 atom stereocenters. The summed E-state index contributed by atoms with van der Waals surface area (Å²) in [5.74, 6) is -1.50. The maximum atomic E-state index is 12.9. The standard InChI is InChI=1S/C19H24NO8P/c1-6-26-17(21)19(18(22)27-7-2)15(12-29(23,24-4)25-5)28-16(20-19)14-10-8-13(3)9-11-14/h8-12H,6-7H2,1-5H3. The Hall–Kier alpha value is -2.48. The van der Waals surface area contributed by atoms with E-state index < -0.39 is 25.1 Å². The molecule has 1 heterocycles. The van der Waals surface area contributed by atoms with Crippen LogP contribution < -0.4 is 0 Å². The van der Waals surface area contributed by atoms with Gasteiger partial charge in [-0.2, -0.15) is 0 Å². The van der Waals surface area contributed by atoms with Crippen LogP contribution in [0.15, 0.2) is 40.8 Å². The number of carbonyl (C=O) groups excluding carboxylic acids is 2. The van der Waals surface area contributed by atoms with Gasteiger partial charge in [0.2, 0.25) is 5.90 Å². The van der Waals surface area contributed by atoms with Gasteiger partial charge in [-0.15, -0.1) is 0 Å². The highest BCUT2D eigenvalue weighted by Crippen LogP contribution is 2.51. The first kappa shape index (κ1) is 22.8. The molecule has 0 aliphatic carbocycles. The second-order valence-electron chi connectivity index (χ2n) is 5.93. The Morgan fingerprint density at radius 1 is 1.07 bits per heavy atom. The minimum Gasteiger partial charge on any atom is -0.463 e. The number of carbonyl (C=O) groups is 2. The van der Waals surface area contributed by atoms with Crippen LogP contribution in [0.2, 0.25) is 0 Å². The van der Waals surface area contributed by atoms with Gasteiger partial charge >= 0.3 is 25.1 Å². The Labute approximate surface area is 169 Å². The molecule has 158 valence electrons. The summed E-state index contributed by atoms with van der Waals surface area (Å²) in [6.07, 6.45) is 0. The summed E-state index contributed by atoms with van der Waals surface area (Å²) in [5.41, 5.74) is -0.825. The van der Waals surface area contributed by atoms with Gasteiger partial charge in [0.1, 0.15) is 0 Å². The topological polar surface area (TPSA) is 110 Å². The van der Waals surface area contributed by atoms with E-state index in [1.54, 1.807) is 26.0 Å². The van der Waals surface area contributed by atoms with Crippen LogP contribution in [0, 0.1) is 6.92 Å². The number of hydrogen-bond acceptors (Lipinski definition) is 9. The summed E-state index contributed by atoms with van der Waals surface area (Å²) in [6, 6.07) is 7.05. The third-order valence-electron chi connectivity index (χ3n) is 4.06. The summed E-state index contributed by atoms with van der Waals surface area (Å²) in [6.45, 7) is 5.02. The summed E-state index contributed by atoms with van der Waals surface area (Å²) < 4.78 is 38.3. The highest BCUT2D eigenvalue weighted by atomic mass is 31.2. The molecule has 2 rings (SSSR count). The average Bonchev–Trinajstić information content (AvgIpc) is 3.09. The molecule has 0 radical (unpaired) electrons. The molecule has 0 unspecified atom stereocenters. The number of aliphatic imine (C=N–C) groups is 1. The van der Waals surface area contributed by atoms with Crippen molar-refractivity contribution in [1.82, 2.24) is 0 Å². The number of rotatable bonds is 8. The van der Waals surface area contributed by atoms with Gasteiger partial charge < -0.3 is 23.3 Å². The average molecular weight is 425 g/mol. The first-order valence-corrected chi connectivity index (χ1v) is 10.5. The summed E-state index contributed by atoms with van der Waals surface area (Å²) in [7, 11) is -1.51. The quantitative estimate of drug-likeness (QED) is 0.355. The van der Waals surface area contributed by atoms with Gasteiger partial charge in [-0.05, 0) is 32.9 Å². The molecule has 0 saturated heterocycles. The molecule has 1 aromatic rings. The van der Waals surface area contributed by atoms with Crippen molar-refractivity contribution in [2.75, 3.05) is 27.4 Å². The lowest BCUT2D eigenvalue weighted by atomic mass is 9.99. The molecule has 1 aliphatic heterocycles. The van der Waals surface area contributed by atoms with Gasteiger partial charge in [-0.25, -0.2) is 14.6 Å². The third kappa shape index (κ3) is 4.58. The van der Waals surface area contributed by atoms with E-state index in [0.29, 0.717) is 5.56 Å². The number of benzene rings is 1. The van der Waals surface area contributed by atoms with Gasteiger partial charge in [0, 0.05) is 19.8 Å². The first-order chi connectivity index (χ1) is 13.8. The molecule has 0 saturated carbocycles. The zero-order valence-electron chi connectivity index (χ0n) is 17.0. The fourth-order valence-electron chi connectivity index (χ4n) is 2.52. The van der Waals surface area contributed by atoms with Crippen molar-refractivity contribution in [1.29, 1.82) is 0 Å². The molecule has 1 aromatic carbocycles. The van der Waals surface area contributed by atoms with E-state index in [-0.39, 0.29) is 24.9 Å². The monoisotopic (exact) mass is 425 g/mol. The molecule has 0 N–H and O–H groups in total. The van der Waals surface area contributed by atoms with E-state index in [0.717, 1.165) is 25.6 Å². The number of nitrogens with zero attached hydrogens (tertiary/aromatic N) is 1. The fraction of sp³-hybridized carbons (Fsp3) is 0.421. The van der Waals surface area contributed by atoms with Gasteiger partial charge in [0.15, 0.2) is 5.76 Å². The van der Waals surface area contributed by atoms with Crippen LogP contribution >= 0.6 is 7.60 Å². The molecule has 9 nitrogen and oxygen atoms in total. The molecule has 0 spiro atoms. The SMILES string of the molecule is CCOC(=O)C1(C(=O)OCC)N=C(c2ccc(C)cc2)OC1=CP(=O)(OC)OC. The Morgan fingerprint density at radius 2 is 1.59 bits per heavy atom. The van der Waals surface area contributed by atoms with Crippen molar-refractivity contribution in [2.45, 2.75) is 26.3 Å². The van der Waals surface area contributed by atoms with Crippen molar-refractivity contribution < 1.29 is 37.4 Å². The fourth-order valence-corrected chi connectivity index (χ4v) is 3.40. The smallest absolute Gasteiger partial charge is 0.357 e. The Balaban J connectivity index is 2.72. The van der Waals surface area contributed by atoms with Crippen molar-refractivity contribution >= 4 is 25.4 Å². The number of esters is 2. The molecule has 29 heavy (non-hydrogen) atoms. The van der Waals surface area contributed by atoms with E-state index in [2.05, 4.69) is 4.99 Å². The van der Waals surface area contributed by atoms with E-state index in [4.69, 9.17) is 23.3 Å². The zero-order valence-corrected chi connectivity index (χ0v) is 17.9. The highest BCUT2D eigenvalue weighted by Gasteiger charge is 2.59. The van der Waals surface area contributed by atoms with Crippen molar-refractivity contribution in [3.8, 4) is 0 Å². The number of aryl methyl sites for hydroxylation is 1. The first-order valence-electron chi connectivity index (χ1n) is 8.90. The predicted molar refractivity (Wildman–Crippen MR) is 105 cm³/mol. The largest absolute Gasteiger partial charge is 0.463 e. The van der Waals surface area contributed by atoms with E-state index in [1.807, 2.05) is 19.1 Å². The highest BCUT2D eigenvalue weighted by molar-refractivity contribution is 7.57. The van der Waals surface area contributed by atoms with E-state index >= 15 is 0 Å². The lowest BCUT2D eigenvalue weighted by Crippen LogP contribution is -2.47. The Bertz CT molecular complexity index is 849. The second-order valence-corrected chi connectivity index (χ2v) is 8.00. The molecular weight excluding hydrogens is 401 g/mol. The van der Waals surface area contributed by atoms with Crippen molar-refractivity contribution in [2.24, 2.45) is 4.99 Å². The van der Waals surface area contributed by atoms with Gasteiger partial charge in [0.05, 0.1) is 19.0 Å². The van der Waals surface area contributed by atoms with Gasteiger partial charge in [-0.1, -0.05) is 17.7 Å². The number of ether oxygens (including phenoxy) is 3. The molecule has 0 aromatic heterocycles. The summed E-state index contributed by atoms with van der Waals surface area (Å²) in [4.78, 5) is 30.0. The molecule has 0 bridgehead atoms. The lowest BCUT2D eigenvalue weighted by Gasteiger charge is -2.22. The minimum absolute atomic E-state index is 0.0190. The molecular formula is C19H24NO8P. The molecule has 0 fully saturated rings. The van der Waals surface area contributed by atoms with Crippen molar-refractivity contribution in [3.63, 3.8) is 0 Å². The summed E-state index contributed by atoms with van der Waals surface area (Å²) >= 11 is 0. The second kappa shape index (κ2) is 9.35. The molecule has 10 heteroatoms. The van der Waals surface area contributed by atoms with E-state index in [9.17, 15) is 14.2 Å². The number of hydrogen-bond donors (Lipinski definition) is 0. The zero-order chi connectivity index (χ0) is 21.7. The maximum absolute atomic E-state index is 12.9. The van der Waals surface area contributed by atoms with Gasteiger partial charge in [0.25, 0.3) is 0 Å². The summed E-state index contributed by atoms with van der Waals surface area (Å²) in [5, 5.41) is 0.